The van der Waals surface area contributed by atoms with Gasteiger partial charge in [0.05, 0.1) is 11.9 Å². The number of benzene rings is 1. The number of fused-ring (bicyclic) bond motifs is 2. The first-order valence-corrected chi connectivity index (χ1v) is 8.24. The van der Waals surface area contributed by atoms with Crippen molar-refractivity contribution in [3.8, 4) is 11.3 Å². The van der Waals surface area contributed by atoms with E-state index in [1.165, 1.54) is 0 Å². The maximum atomic E-state index is 4.77. The average Bonchev–Trinajstić information content (AvgIpc) is 3.30. The van der Waals surface area contributed by atoms with Gasteiger partial charge in [0.1, 0.15) is 5.82 Å². The van der Waals surface area contributed by atoms with Gasteiger partial charge < -0.3 is 10.2 Å². The lowest BCUT2D eigenvalue weighted by atomic mass is 10.0. The summed E-state index contributed by atoms with van der Waals surface area (Å²) in [5.41, 5.74) is 3.08. The molecule has 2 fully saturated rings. The highest BCUT2D eigenvalue weighted by molar-refractivity contribution is 5.67. The zero-order valence-electron chi connectivity index (χ0n) is 12.9. The van der Waals surface area contributed by atoms with Gasteiger partial charge in [-0.3, -0.25) is 0 Å². The summed E-state index contributed by atoms with van der Waals surface area (Å²) in [5.74, 6) is 2.68. The van der Waals surface area contributed by atoms with Gasteiger partial charge in [0, 0.05) is 43.9 Å². The van der Waals surface area contributed by atoms with Gasteiger partial charge in [-0.25, -0.2) is 4.98 Å². The molecule has 5 heteroatoms. The lowest BCUT2D eigenvalue weighted by Gasteiger charge is -2.21. The smallest absolute Gasteiger partial charge is 0.157 e. The van der Waals surface area contributed by atoms with E-state index in [9.17, 15) is 0 Å². The molecule has 0 bridgehead atoms. The molecule has 3 aromatic rings. The van der Waals surface area contributed by atoms with Gasteiger partial charge >= 0.3 is 0 Å². The topological polar surface area (TPSA) is 45.5 Å². The van der Waals surface area contributed by atoms with Gasteiger partial charge in [-0.1, -0.05) is 30.3 Å². The van der Waals surface area contributed by atoms with Gasteiger partial charge in [-0.2, -0.15) is 9.61 Å². The van der Waals surface area contributed by atoms with Crippen molar-refractivity contribution in [2.45, 2.75) is 0 Å². The average molecular weight is 305 g/mol. The number of hydrogen-bond acceptors (Lipinski definition) is 4. The summed E-state index contributed by atoms with van der Waals surface area (Å²) < 4.78 is 1.97. The molecule has 0 aliphatic carbocycles. The Morgan fingerprint density at radius 3 is 2.57 bits per heavy atom. The molecule has 2 saturated heterocycles. The predicted octanol–water partition coefficient (Wildman–Crippen LogP) is 2.05. The zero-order chi connectivity index (χ0) is 15.2. The molecule has 0 spiro atoms. The van der Waals surface area contributed by atoms with Gasteiger partial charge in [0.15, 0.2) is 5.65 Å². The Kier molecular flexibility index (Phi) is 2.88. The largest absolute Gasteiger partial charge is 0.356 e. The number of anilines is 1. The minimum absolute atomic E-state index is 0.758. The van der Waals surface area contributed by atoms with Crippen LogP contribution >= 0.6 is 0 Å². The van der Waals surface area contributed by atoms with E-state index in [4.69, 9.17) is 4.98 Å². The van der Waals surface area contributed by atoms with Crippen molar-refractivity contribution >= 4 is 11.5 Å². The highest BCUT2D eigenvalue weighted by Gasteiger charge is 2.37. The molecule has 2 aliphatic heterocycles. The van der Waals surface area contributed by atoms with E-state index in [-0.39, 0.29) is 0 Å². The van der Waals surface area contributed by atoms with Gasteiger partial charge in [-0.05, 0) is 11.8 Å². The third-order valence-electron chi connectivity index (χ3n) is 5.12. The molecule has 2 aliphatic rings. The summed E-state index contributed by atoms with van der Waals surface area (Å²) in [6.45, 7) is 4.48. The summed E-state index contributed by atoms with van der Waals surface area (Å²) in [7, 11) is 0. The number of nitrogens with zero attached hydrogens (tertiary/aromatic N) is 4. The standard InChI is InChI=1S/C18H19N5/c1-2-4-13(5-3-1)16-8-18(23-17(21-16)6-7-20-23)22-11-14-9-19-10-15(14)12-22/h1-8,14-15,19H,9-12H2/t14-,15+. The second kappa shape index (κ2) is 5.06. The minimum atomic E-state index is 0.758. The summed E-state index contributed by atoms with van der Waals surface area (Å²) >= 11 is 0. The molecule has 2 atom stereocenters. The van der Waals surface area contributed by atoms with E-state index >= 15 is 0 Å². The molecule has 1 aromatic carbocycles. The Hall–Kier alpha value is -2.40. The van der Waals surface area contributed by atoms with Crippen molar-refractivity contribution in [3.63, 3.8) is 0 Å². The fourth-order valence-electron chi connectivity index (χ4n) is 3.92. The monoisotopic (exact) mass is 305 g/mol. The molecule has 2 aromatic heterocycles. The molecular formula is C18H19N5. The maximum absolute atomic E-state index is 4.77. The van der Waals surface area contributed by atoms with E-state index in [1.807, 2.05) is 22.8 Å². The summed E-state index contributed by atoms with van der Waals surface area (Å²) in [6, 6.07) is 14.5. The van der Waals surface area contributed by atoms with Crippen molar-refractivity contribution in [1.82, 2.24) is 19.9 Å². The van der Waals surface area contributed by atoms with E-state index in [2.05, 4.69) is 45.6 Å². The number of aromatic nitrogens is 3. The summed E-state index contributed by atoms with van der Waals surface area (Å²) in [5, 5.41) is 7.99. The van der Waals surface area contributed by atoms with Crippen molar-refractivity contribution in [2.75, 3.05) is 31.1 Å². The Bertz CT molecular complexity index is 829. The third-order valence-corrected chi connectivity index (χ3v) is 5.12. The normalized spacial score (nSPS) is 23.6. The van der Waals surface area contributed by atoms with E-state index in [0.717, 1.165) is 60.7 Å². The highest BCUT2D eigenvalue weighted by Crippen LogP contribution is 2.32. The lowest BCUT2D eigenvalue weighted by molar-refractivity contribution is 0.533. The zero-order valence-corrected chi connectivity index (χ0v) is 12.9. The molecule has 0 saturated carbocycles. The van der Waals surface area contributed by atoms with E-state index < -0.39 is 0 Å². The van der Waals surface area contributed by atoms with Crippen molar-refractivity contribution in [3.05, 3.63) is 48.7 Å². The number of rotatable bonds is 2. The molecule has 0 amide bonds. The fraction of sp³-hybridized carbons (Fsp3) is 0.333. The van der Waals surface area contributed by atoms with Crippen LogP contribution in [-0.2, 0) is 0 Å². The predicted molar refractivity (Wildman–Crippen MR) is 90.5 cm³/mol. The number of hydrogen-bond donors (Lipinski definition) is 1. The van der Waals surface area contributed by atoms with Crippen LogP contribution in [0.1, 0.15) is 0 Å². The van der Waals surface area contributed by atoms with Crippen LogP contribution in [0.15, 0.2) is 48.7 Å². The van der Waals surface area contributed by atoms with E-state index in [1.54, 1.807) is 0 Å². The Labute approximate surface area is 135 Å². The van der Waals surface area contributed by atoms with Crippen LogP contribution in [0.3, 0.4) is 0 Å². The Balaban J connectivity index is 1.61. The first-order chi connectivity index (χ1) is 11.4. The van der Waals surface area contributed by atoms with Crippen LogP contribution in [0.25, 0.3) is 16.9 Å². The van der Waals surface area contributed by atoms with Crippen LogP contribution in [0.5, 0.6) is 0 Å². The van der Waals surface area contributed by atoms with Crippen molar-refractivity contribution in [2.24, 2.45) is 11.8 Å². The van der Waals surface area contributed by atoms with Crippen LogP contribution in [0.2, 0.25) is 0 Å². The molecule has 5 rings (SSSR count). The fourth-order valence-corrected chi connectivity index (χ4v) is 3.92. The SMILES string of the molecule is c1ccc(-c2cc(N3C[C@H]4CNC[C@H]4C3)n3nccc3n2)cc1. The highest BCUT2D eigenvalue weighted by atomic mass is 15.4. The van der Waals surface area contributed by atoms with Crippen molar-refractivity contribution < 1.29 is 0 Å². The third kappa shape index (κ3) is 2.11. The van der Waals surface area contributed by atoms with Crippen LogP contribution in [0.4, 0.5) is 5.82 Å². The summed E-state index contributed by atoms with van der Waals surface area (Å²) in [4.78, 5) is 7.25. The van der Waals surface area contributed by atoms with Crippen LogP contribution in [-0.4, -0.2) is 40.8 Å². The maximum Gasteiger partial charge on any atom is 0.157 e. The van der Waals surface area contributed by atoms with E-state index in [0.29, 0.717) is 0 Å². The van der Waals surface area contributed by atoms with Crippen LogP contribution in [0, 0.1) is 11.8 Å². The first-order valence-electron chi connectivity index (χ1n) is 8.24. The van der Waals surface area contributed by atoms with Crippen molar-refractivity contribution in [1.29, 1.82) is 0 Å². The molecule has 1 N–H and O–H groups in total. The quantitative estimate of drug-likeness (QED) is 0.787. The molecular weight excluding hydrogens is 286 g/mol. The molecule has 0 unspecified atom stereocenters. The molecule has 4 heterocycles. The molecule has 23 heavy (non-hydrogen) atoms. The van der Waals surface area contributed by atoms with Gasteiger partial charge in [-0.15, -0.1) is 0 Å². The van der Waals surface area contributed by atoms with Crippen LogP contribution < -0.4 is 10.2 Å². The summed E-state index contributed by atoms with van der Waals surface area (Å²) in [6.07, 6.45) is 1.83. The first kappa shape index (κ1) is 13.1. The minimum Gasteiger partial charge on any atom is -0.356 e. The second-order valence-electron chi connectivity index (χ2n) is 6.55. The molecule has 116 valence electrons. The van der Waals surface area contributed by atoms with Gasteiger partial charge in [0.2, 0.25) is 0 Å². The molecule has 0 radical (unpaired) electrons. The Morgan fingerprint density at radius 1 is 1.00 bits per heavy atom. The number of nitrogens with one attached hydrogen (secondary N) is 1. The Morgan fingerprint density at radius 2 is 1.78 bits per heavy atom. The second-order valence-corrected chi connectivity index (χ2v) is 6.55. The lowest BCUT2D eigenvalue weighted by Crippen LogP contribution is -2.27. The van der Waals surface area contributed by atoms with Gasteiger partial charge in [0.25, 0.3) is 0 Å². The molecule has 5 nitrogen and oxygen atoms in total.